The molecule has 0 radical (unpaired) electrons. The molecule has 0 aliphatic heterocycles. The van der Waals surface area contributed by atoms with Gasteiger partial charge in [0.15, 0.2) is 5.78 Å². The fourth-order valence-corrected chi connectivity index (χ4v) is 3.73. The second-order valence-electron chi connectivity index (χ2n) is 7.04. The number of nitrogens with zero attached hydrogens (tertiary/aromatic N) is 1. The van der Waals surface area contributed by atoms with Crippen molar-refractivity contribution in [3.63, 3.8) is 0 Å². The van der Waals surface area contributed by atoms with Crippen molar-refractivity contribution in [1.29, 1.82) is 0 Å². The number of carboxylic acids is 1. The van der Waals surface area contributed by atoms with Gasteiger partial charge in [-0.05, 0) is 73.8 Å². The first kappa shape index (κ1) is 19.3. The third-order valence-electron chi connectivity index (χ3n) is 4.82. The molecule has 0 spiro atoms. The van der Waals surface area contributed by atoms with Gasteiger partial charge < -0.3 is 9.84 Å². The molecule has 2 aromatic carbocycles. The van der Waals surface area contributed by atoms with Crippen LogP contribution >= 0.6 is 11.5 Å². The monoisotopic (exact) mass is 411 g/mol. The maximum absolute atomic E-state index is 13.9. The van der Waals surface area contributed by atoms with E-state index in [1.807, 2.05) is 6.92 Å². The predicted octanol–water partition coefficient (Wildman–Crippen LogP) is 5.38. The number of carbonyl (C=O) groups excluding carboxylic acids is 1. The molecular weight excluding hydrogens is 393 g/mol. The van der Waals surface area contributed by atoms with E-state index in [4.69, 9.17) is 9.84 Å². The number of hydrogen-bond acceptors (Lipinski definition) is 5. The fraction of sp³-hybridized carbons (Fsp3) is 0.227. The van der Waals surface area contributed by atoms with Crippen LogP contribution in [-0.4, -0.2) is 21.2 Å². The molecule has 7 heteroatoms. The molecule has 0 bridgehead atoms. The number of carbonyl (C=O) groups is 2. The van der Waals surface area contributed by atoms with Gasteiger partial charge in [0.2, 0.25) is 0 Å². The van der Waals surface area contributed by atoms with E-state index in [-0.39, 0.29) is 23.4 Å². The Bertz CT molecular complexity index is 1070. The summed E-state index contributed by atoms with van der Waals surface area (Å²) < 4.78 is 24.2. The van der Waals surface area contributed by atoms with Gasteiger partial charge in [-0.3, -0.25) is 4.79 Å². The van der Waals surface area contributed by atoms with Crippen molar-refractivity contribution < 1.29 is 23.8 Å². The lowest BCUT2D eigenvalue weighted by atomic mass is 10.1. The summed E-state index contributed by atoms with van der Waals surface area (Å²) in [7, 11) is 0. The normalized spacial score (nSPS) is 14.4. The van der Waals surface area contributed by atoms with Crippen LogP contribution in [0, 0.1) is 11.7 Å². The van der Waals surface area contributed by atoms with Crippen molar-refractivity contribution in [3.8, 4) is 17.0 Å². The largest absolute Gasteiger partial charge is 0.485 e. The summed E-state index contributed by atoms with van der Waals surface area (Å²) in [6.45, 7) is 1.88. The second-order valence-corrected chi connectivity index (χ2v) is 7.87. The number of aromatic nitrogens is 1. The van der Waals surface area contributed by atoms with Crippen LogP contribution in [0.15, 0.2) is 48.5 Å². The summed E-state index contributed by atoms with van der Waals surface area (Å²) in [5, 5.41) is 8.93. The zero-order chi connectivity index (χ0) is 20.5. The van der Waals surface area contributed by atoms with Gasteiger partial charge in [-0.15, -0.1) is 0 Å². The Morgan fingerprint density at radius 3 is 2.52 bits per heavy atom. The Hall–Kier alpha value is -3.06. The number of rotatable bonds is 7. The molecular formula is C22H18FNO4S. The van der Waals surface area contributed by atoms with Gasteiger partial charge in [0.1, 0.15) is 17.7 Å². The molecule has 1 heterocycles. The SMILES string of the molecule is C[C@@H](Oc1ccc(C(=O)C2CC2)cc1)c1cc(-c2ccc(C(=O)O)c(F)c2)ns1. The fourth-order valence-electron chi connectivity index (χ4n) is 3.01. The van der Waals surface area contributed by atoms with E-state index in [1.165, 1.54) is 29.7 Å². The molecule has 1 fully saturated rings. The summed E-state index contributed by atoms with van der Waals surface area (Å²) in [6, 6.07) is 12.9. The van der Waals surface area contributed by atoms with Crippen LogP contribution in [0.2, 0.25) is 0 Å². The Morgan fingerprint density at radius 1 is 1.17 bits per heavy atom. The topological polar surface area (TPSA) is 76.5 Å². The molecule has 148 valence electrons. The Kier molecular flexibility index (Phi) is 5.15. The average Bonchev–Trinajstić information content (AvgIpc) is 3.43. The second kappa shape index (κ2) is 7.75. The minimum absolute atomic E-state index is 0.186. The third kappa shape index (κ3) is 4.19. The lowest BCUT2D eigenvalue weighted by molar-refractivity contribution is 0.0691. The Morgan fingerprint density at radius 2 is 1.90 bits per heavy atom. The van der Waals surface area contributed by atoms with Crippen LogP contribution in [0.25, 0.3) is 11.3 Å². The summed E-state index contributed by atoms with van der Waals surface area (Å²) in [5.41, 5.74) is 1.40. The van der Waals surface area contributed by atoms with Gasteiger partial charge in [0.05, 0.1) is 16.1 Å². The zero-order valence-corrected chi connectivity index (χ0v) is 16.4. The summed E-state index contributed by atoms with van der Waals surface area (Å²) in [6.07, 6.45) is 1.67. The van der Waals surface area contributed by atoms with E-state index in [2.05, 4.69) is 4.37 Å². The van der Waals surface area contributed by atoms with E-state index in [0.29, 0.717) is 22.6 Å². The molecule has 3 aromatic rings. The van der Waals surface area contributed by atoms with Crippen LogP contribution in [0.5, 0.6) is 5.75 Å². The van der Waals surface area contributed by atoms with Crippen LogP contribution < -0.4 is 4.74 Å². The Balaban J connectivity index is 1.45. The zero-order valence-electron chi connectivity index (χ0n) is 15.6. The molecule has 0 unspecified atom stereocenters. The number of halogens is 1. The highest BCUT2D eigenvalue weighted by molar-refractivity contribution is 7.06. The summed E-state index contributed by atoms with van der Waals surface area (Å²) in [5.74, 6) is -1.07. The minimum Gasteiger partial charge on any atom is -0.485 e. The van der Waals surface area contributed by atoms with Crippen LogP contribution in [-0.2, 0) is 0 Å². The highest BCUT2D eigenvalue weighted by atomic mass is 32.1. The molecule has 0 amide bonds. The number of ketones is 1. The van der Waals surface area contributed by atoms with Gasteiger partial charge in [-0.1, -0.05) is 6.07 Å². The van der Waals surface area contributed by atoms with Gasteiger partial charge in [0, 0.05) is 17.0 Å². The smallest absolute Gasteiger partial charge is 0.338 e. The minimum atomic E-state index is -1.31. The van der Waals surface area contributed by atoms with Crippen molar-refractivity contribution in [2.75, 3.05) is 0 Å². The van der Waals surface area contributed by atoms with Gasteiger partial charge in [-0.2, -0.15) is 4.37 Å². The molecule has 0 saturated heterocycles. The highest BCUT2D eigenvalue weighted by Gasteiger charge is 2.30. The maximum Gasteiger partial charge on any atom is 0.338 e. The van der Waals surface area contributed by atoms with Crippen molar-refractivity contribution in [2.45, 2.75) is 25.9 Å². The first-order valence-electron chi connectivity index (χ1n) is 9.23. The predicted molar refractivity (Wildman–Crippen MR) is 107 cm³/mol. The van der Waals surface area contributed by atoms with Crippen LogP contribution in [0.4, 0.5) is 4.39 Å². The molecule has 29 heavy (non-hydrogen) atoms. The average molecular weight is 411 g/mol. The third-order valence-corrected chi connectivity index (χ3v) is 5.77. The van der Waals surface area contributed by atoms with E-state index >= 15 is 0 Å². The quantitative estimate of drug-likeness (QED) is 0.528. The number of carboxylic acid groups (broad SMARTS) is 1. The molecule has 1 saturated carbocycles. The maximum atomic E-state index is 13.9. The summed E-state index contributed by atoms with van der Waals surface area (Å²) >= 11 is 1.24. The lowest BCUT2D eigenvalue weighted by Crippen LogP contribution is -2.03. The standard InChI is InChI=1S/C22H18FNO4S/c1-12(28-16-7-4-14(5-8-16)21(25)13-2-3-13)20-11-19(24-29-20)15-6-9-17(22(26)27)18(23)10-15/h4-13H,2-3H2,1H3,(H,26,27)/t12-/m1/s1. The first-order valence-corrected chi connectivity index (χ1v) is 10.0. The number of aromatic carboxylic acids is 1. The molecule has 4 rings (SSSR count). The number of hydrogen-bond donors (Lipinski definition) is 1. The Labute approximate surface area is 170 Å². The van der Waals surface area contributed by atoms with Crippen LogP contribution in [0.1, 0.15) is 51.5 Å². The van der Waals surface area contributed by atoms with Crippen LogP contribution in [0.3, 0.4) is 0 Å². The van der Waals surface area contributed by atoms with Crippen molar-refractivity contribution in [1.82, 2.24) is 4.37 Å². The van der Waals surface area contributed by atoms with Crippen molar-refractivity contribution in [2.24, 2.45) is 5.92 Å². The summed E-state index contributed by atoms with van der Waals surface area (Å²) in [4.78, 5) is 23.9. The van der Waals surface area contributed by atoms with Gasteiger partial charge in [0.25, 0.3) is 0 Å². The number of Topliss-reactive ketones (excluding diaryl/α,β-unsaturated/α-hetero) is 1. The molecule has 1 aliphatic rings. The molecule has 1 atom stereocenters. The van der Waals surface area contributed by atoms with E-state index in [1.54, 1.807) is 30.3 Å². The lowest BCUT2D eigenvalue weighted by Gasteiger charge is -2.13. The molecule has 5 nitrogen and oxygen atoms in total. The number of benzene rings is 2. The van der Waals surface area contributed by atoms with E-state index in [0.717, 1.165) is 17.7 Å². The van der Waals surface area contributed by atoms with Crippen molar-refractivity contribution >= 4 is 23.3 Å². The van der Waals surface area contributed by atoms with Gasteiger partial charge in [-0.25, -0.2) is 9.18 Å². The first-order chi connectivity index (χ1) is 13.9. The van der Waals surface area contributed by atoms with Gasteiger partial charge >= 0.3 is 5.97 Å². The van der Waals surface area contributed by atoms with E-state index in [9.17, 15) is 14.0 Å². The highest BCUT2D eigenvalue weighted by Crippen LogP contribution is 2.34. The number of ether oxygens (including phenoxy) is 1. The molecule has 1 aromatic heterocycles. The van der Waals surface area contributed by atoms with Crippen molar-refractivity contribution in [3.05, 3.63) is 70.4 Å². The molecule has 1 N–H and O–H groups in total. The van der Waals surface area contributed by atoms with E-state index < -0.39 is 11.8 Å². The molecule has 1 aliphatic carbocycles.